The Hall–Kier alpha value is -3.81. The lowest BCUT2D eigenvalue weighted by molar-refractivity contribution is -0.129. The molecule has 8 nitrogen and oxygen atoms in total. The Morgan fingerprint density at radius 3 is 2.83 bits per heavy atom. The average molecular weight is 409 g/mol. The molecule has 0 aliphatic carbocycles. The highest BCUT2D eigenvalue weighted by Gasteiger charge is 2.22. The second-order valence-electron chi connectivity index (χ2n) is 6.78. The van der Waals surface area contributed by atoms with Gasteiger partial charge in [0.2, 0.25) is 11.8 Å². The minimum absolute atomic E-state index is 0.00854. The number of benzene rings is 2. The molecule has 2 aromatic rings. The normalized spacial score (nSPS) is 12.9. The summed E-state index contributed by atoms with van der Waals surface area (Å²) in [5, 5.41) is 2.74. The van der Waals surface area contributed by atoms with Crippen molar-refractivity contribution in [3.8, 4) is 11.5 Å². The summed E-state index contributed by atoms with van der Waals surface area (Å²) in [7, 11) is 4.77. The van der Waals surface area contributed by atoms with Crippen molar-refractivity contribution in [1.29, 1.82) is 0 Å². The quantitative estimate of drug-likeness (QED) is 0.739. The number of rotatable bonds is 6. The van der Waals surface area contributed by atoms with Gasteiger partial charge in [-0.3, -0.25) is 14.4 Å². The molecule has 2 aromatic carbocycles. The first-order valence-electron chi connectivity index (χ1n) is 9.28. The predicted molar refractivity (Wildman–Crippen MR) is 114 cm³/mol. The summed E-state index contributed by atoms with van der Waals surface area (Å²) in [6.45, 7) is -0.130. The fraction of sp³-hybridized carbons (Fsp3) is 0.227. The molecule has 0 unspecified atom stereocenters. The van der Waals surface area contributed by atoms with Crippen LogP contribution in [0.1, 0.15) is 5.56 Å². The van der Waals surface area contributed by atoms with Gasteiger partial charge in [0, 0.05) is 25.9 Å². The second-order valence-corrected chi connectivity index (χ2v) is 6.78. The van der Waals surface area contributed by atoms with Gasteiger partial charge in [-0.15, -0.1) is 0 Å². The van der Waals surface area contributed by atoms with Gasteiger partial charge in [0.15, 0.2) is 6.61 Å². The maximum absolute atomic E-state index is 12.3. The minimum atomic E-state index is -0.355. The zero-order valence-corrected chi connectivity index (χ0v) is 17.0. The topological polar surface area (TPSA) is 88.2 Å². The highest BCUT2D eigenvalue weighted by molar-refractivity contribution is 6.00. The monoisotopic (exact) mass is 409 g/mol. The number of fused-ring (bicyclic) bond motifs is 1. The molecule has 30 heavy (non-hydrogen) atoms. The molecule has 1 aliphatic rings. The van der Waals surface area contributed by atoms with Crippen molar-refractivity contribution in [3.63, 3.8) is 0 Å². The molecular formula is C22H23N3O5. The van der Waals surface area contributed by atoms with Crippen molar-refractivity contribution in [2.24, 2.45) is 0 Å². The van der Waals surface area contributed by atoms with Gasteiger partial charge in [-0.1, -0.05) is 12.1 Å². The van der Waals surface area contributed by atoms with Gasteiger partial charge in [-0.2, -0.15) is 0 Å². The number of nitrogens with one attached hydrogen (secondary N) is 1. The molecule has 0 radical (unpaired) electrons. The van der Waals surface area contributed by atoms with Crippen LogP contribution in [0.2, 0.25) is 0 Å². The number of nitrogens with zero attached hydrogens (tertiary/aromatic N) is 2. The van der Waals surface area contributed by atoms with Gasteiger partial charge in [-0.25, -0.2) is 0 Å². The van der Waals surface area contributed by atoms with Crippen LogP contribution >= 0.6 is 0 Å². The van der Waals surface area contributed by atoms with Crippen molar-refractivity contribution in [2.45, 2.75) is 0 Å². The van der Waals surface area contributed by atoms with Gasteiger partial charge in [0.25, 0.3) is 5.91 Å². The number of carbonyl (C=O) groups excluding carboxylic acids is 3. The third-order valence-corrected chi connectivity index (χ3v) is 4.60. The van der Waals surface area contributed by atoms with Crippen LogP contribution in [0, 0.1) is 0 Å². The summed E-state index contributed by atoms with van der Waals surface area (Å²) in [6, 6.07) is 12.3. The maximum atomic E-state index is 12.3. The zero-order chi connectivity index (χ0) is 21.7. The predicted octanol–water partition coefficient (Wildman–Crippen LogP) is 2.16. The fourth-order valence-electron chi connectivity index (χ4n) is 2.88. The average Bonchev–Trinajstić information content (AvgIpc) is 2.75. The van der Waals surface area contributed by atoms with E-state index in [9.17, 15) is 14.4 Å². The van der Waals surface area contributed by atoms with E-state index in [-0.39, 0.29) is 30.9 Å². The molecule has 0 atom stereocenters. The van der Waals surface area contributed by atoms with Gasteiger partial charge in [0.05, 0.1) is 19.3 Å². The molecule has 0 saturated heterocycles. The number of anilines is 2. The number of methoxy groups -OCH3 is 1. The van der Waals surface area contributed by atoms with Crippen LogP contribution in [0.3, 0.4) is 0 Å². The van der Waals surface area contributed by atoms with Crippen LogP contribution in [0.15, 0.2) is 48.5 Å². The number of hydrogen-bond acceptors (Lipinski definition) is 5. The first-order chi connectivity index (χ1) is 14.4. The van der Waals surface area contributed by atoms with E-state index < -0.39 is 0 Å². The zero-order valence-electron chi connectivity index (χ0n) is 17.0. The number of carbonyl (C=O) groups is 3. The Kier molecular flexibility index (Phi) is 6.36. The van der Waals surface area contributed by atoms with Crippen molar-refractivity contribution in [3.05, 3.63) is 54.1 Å². The van der Waals surface area contributed by atoms with E-state index in [1.807, 2.05) is 18.2 Å². The summed E-state index contributed by atoms with van der Waals surface area (Å²) in [5.41, 5.74) is 1.90. The molecule has 1 aliphatic heterocycles. The lowest BCUT2D eigenvalue weighted by Crippen LogP contribution is -2.36. The molecule has 0 saturated carbocycles. The lowest BCUT2D eigenvalue weighted by atomic mass is 10.2. The first kappa shape index (κ1) is 20.9. The fourth-order valence-corrected chi connectivity index (χ4v) is 2.88. The van der Waals surface area contributed by atoms with E-state index in [0.717, 1.165) is 5.56 Å². The summed E-state index contributed by atoms with van der Waals surface area (Å²) < 4.78 is 10.5. The smallest absolute Gasteiger partial charge is 0.264 e. The van der Waals surface area contributed by atoms with Gasteiger partial charge in [-0.05, 0) is 42.0 Å². The van der Waals surface area contributed by atoms with E-state index in [4.69, 9.17) is 9.47 Å². The Morgan fingerprint density at radius 2 is 2.07 bits per heavy atom. The molecule has 3 rings (SSSR count). The number of amides is 3. The van der Waals surface area contributed by atoms with E-state index >= 15 is 0 Å². The summed E-state index contributed by atoms with van der Waals surface area (Å²) >= 11 is 0. The lowest BCUT2D eigenvalue weighted by Gasteiger charge is -2.26. The standard InChI is InChI=1S/C22H23N3O5/c1-24(21(27)10-7-15-5-4-6-17(11-15)29-3)13-20(26)23-16-8-9-19-18(12-16)25(2)22(28)14-30-19/h4-12H,13-14H2,1-3H3,(H,23,26)/b10-7+. The van der Waals surface area contributed by atoms with Crippen molar-refractivity contribution in [2.75, 3.05) is 44.6 Å². The van der Waals surface area contributed by atoms with Gasteiger partial charge >= 0.3 is 0 Å². The molecule has 8 heteroatoms. The highest BCUT2D eigenvalue weighted by atomic mass is 16.5. The first-order valence-corrected chi connectivity index (χ1v) is 9.28. The Labute approximate surface area is 174 Å². The van der Waals surface area contributed by atoms with Gasteiger partial charge < -0.3 is 24.6 Å². The largest absolute Gasteiger partial charge is 0.497 e. The Balaban J connectivity index is 1.58. The third-order valence-electron chi connectivity index (χ3n) is 4.60. The van der Waals surface area contributed by atoms with Gasteiger partial charge in [0.1, 0.15) is 11.5 Å². The second kappa shape index (κ2) is 9.13. The highest BCUT2D eigenvalue weighted by Crippen LogP contribution is 2.33. The molecule has 156 valence electrons. The van der Waals surface area contributed by atoms with Crippen LogP contribution in [-0.4, -0.2) is 57.0 Å². The summed E-state index contributed by atoms with van der Waals surface area (Å²) in [4.78, 5) is 39.2. The Morgan fingerprint density at radius 1 is 1.27 bits per heavy atom. The van der Waals surface area contributed by atoms with E-state index in [0.29, 0.717) is 22.9 Å². The molecule has 0 spiro atoms. The number of ether oxygens (including phenoxy) is 2. The SMILES string of the molecule is COc1cccc(/C=C/C(=O)N(C)CC(=O)Nc2ccc3c(c2)N(C)C(=O)CO3)c1. The van der Waals surface area contributed by atoms with Crippen LogP contribution in [0.4, 0.5) is 11.4 Å². The number of hydrogen-bond donors (Lipinski definition) is 1. The molecule has 0 aromatic heterocycles. The molecule has 0 bridgehead atoms. The van der Waals surface area contributed by atoms with Crippen LogP contribution in [-0.2, 0) is 14.4 Å². The minimum Gasteiger partial charge on any atom is -0.497 e. The van der Waals surface area contributed by atoms with E-state index in [2.05, 4.69) is 5.32 Å². The molecule has 1 N–H and O–H groups in total. The van der Waals surface area contributed by atoms with Crippen molar-refractivity contribution in [1.82, 2.24) is 4.90 Å². The molecule has 0 fully saturated rings. The maximum Gasteiger partial charge on any atom is 0.264 e. The van der Waals surface area contributed by atoms with Crippen molar-refractivity contribution < 1.29 is 23.9 Å². The van der Waals surface area contributed by atoms with Crippen LogP contribution in [0.5, 0.6) is 11.5 Å². The van der Waals surface area contributed by atoms with Crippen molar-refractivity contribution >= 4 is 35.2 Å². The summed E-state index contributed by atoms with van der Waals surface area (Å²) in [5.74, 6) is 0.438. The third kappa shape index (κ3) is 4.96. The summed E-state index contributed by atoms with van der Waals surface area (Å²) in [6.07, 6.45) is 3.06. The van der Waals surface area contributed by atoms with E-state index in [1.165, 1.54) is 15.9 Å². The molecule has 1 heterocycles. The molecular weight excluding hydrogens is 386 g/mol. The Bertz CT molecular complexity index is 1000. The van der Waals surface area contributed by atoms with E-state index in [1.54, 1.807) is 51.5 Å². The van der Waals surface area contributed by atoms with Crippen LogP contribution in [0.25, 0.3) is 6.08 Å². The van der Waals surface area contributed by atoms with Crippen LogP contribution < -0.4 is 19.7 Å². The molecule has 3 amide bonds. The number of likely N-dealkylation sites (N-methyl/N-ethyl adjacent to an activating group) is 2.